The lowest BCUT2D eigenvalue weighted by Crippen LogP contribution is -2.68. The van der Waals surface area contributed by atoms with Crippen molar-refractivity contribution >= 4 is 52.7 Å². The van der Waals surface area contributed by atoms with Crippen LogP contribution >= 0.6 is 0 Å². The van der Waals surface area contributed by atoms with Gasteiger partial charge in [0.2, 0.25) is 5.91 Å². The van der Waals surface area contributed by atoms with Crippen molar-refractivity contribution in [1.82, 2.24) is 15.1 Å². The van der Waals surface area contributed by atoms with Crippen molar-refractivity contribution < 1.29 is 50.4 Å². The van der Waals surface area contributed by atoms with Gasteiger partial charge in [-0.3, -0.25) is 18.7 Å². The average Bonchev–Trinajstić information content (AvgIpc) is 3.74. The fourth-order valence-corrected chi connectivity index (χ4v) is 13.0. The molecule has 1 aliphatic rings. The number of nitrogens with one attached hydrogen (secondary N) is 1. The molecule has 1 aliphatic heterocycles. The van der Waals surface area contributed by atoms with Crippen molar-refractivity contribution in [3.05, 3.63) is 120 Å². The molecular formula is C49H67N3O11SSi. The van der Waals surface area contributed by atoms with E-state index in [-0.39, 0.29) is 44.1 Å². The van der Waals surface area contributed by atoms with E-state index in [1.807, 2.05) is 112 Å². The second-order valence-electron chi connectivity index (χ2n) is 18.5. The van der Waals surface area contributed by atoms with Crippen LogP contribution in [0.1, 0.15) is 73.8 Å². The van der Waals surface area contributed by atoms with E-state index in [1.165, 1.54) is 22.9 Å². The van der Waals surface area contributed by atoms with Gasteiger partial charge in [-0.25, -0.2) is 9.59 Å². The number of benzene rings is 3. The fourth-order valence-electron chi connectivity index (χ4n) is 7.95. The maximum atomic E-state index is 15.5. The van der Waals surface area contributed by atoms with Crippen molar-refractivity contribution in [2.45, 2.75) is 104 Å². The van der Waals surface area contributed by atoms with Gasteiger partial charge in [0.25, 0.3) is 24.3 Å². The van der Waals surface area contributed by atoms with Crippen molar-refractivity contribution in [2.75, 3.05) is 39.7 Å². The highest BCUT2D eigenvalue weighted by Crippen LogP contribution is 2.39. The van der Waals surface area contributed by atoms with Gasteiger partial charge < -0.3 is 28.9 Å². The Balaban J connectivity index is 2.09. The number of likely N-dealkylation sites (tertiary alicyclic amines) is 1. The van der Waals surface area contributed by atoms with E-state index < -0.39 is 83.7 Å². The Kier molecular flexibility index (Phi) is 18.5. The monoisotopic (exact) mass is 933 g/mol. The second kappa shape index (κ2) is 22.9. The summed E-state index contributed by atoms with van der Waals surface area (Å²) in [7, 11) is -6.33. The van der Waals surface area contributed by atoms with Crippen LogP contribution in [-0.2, 0) is 53.9 Å². The van der Waals surface area contributed by atoms with Crippen molar-refractivity contribution in [1.29, 1.82) is 0 Å². The SMILES string of the molecule is C=CCOC(=O)[C@H]1CCCN1C(=O)/C(NC(=O)[C@H](C(C)C)N(C)C(=O)OC(C)(C)C)=C(/COCc1ccccc1)[C@H](COS(C)(=O)=O)O[Si](c1ccccc1)(c1ccccc1)C(C)(C)C. The number of likely N-dealkylation sites (N-methyl/N-ethyl adjacent to an activating group) is 1. The molecule has 0 aromatic heterocycles. The van der Waals surface area contributed by atoms with Crippen molar-refractivity contribution in [3.63, 3.8) is 0 Å². The van der Waals surface area contributed by atoms with E-state index in [4.69, 9.17) is 22.8 Å². The smallest absolute Gasteiger partial charge is 0.410 e. The minimum Gasteiger partial charge on any atom is -0.460 e. The molecule has 3 amide bonds. The first-order valence-corrected chi connectivity index (χ1v) is 25.6. The first kappa shape index (κ1) is 52.5. The Morgan fingerprint density at radius 2 is 1.46 bits per heavy atom. The van der Waals surface area contributed by atoms with Crippen LogP contribution < -0.4 is 15.7 Å². The van der Waals surface area contributed by atoms with Crippen LogP contribution in [0.25, 0.3) is 0 Å². The zero-order chi connectivity index (χ0) is 48.2. The number of esters is 1. The minimum absolute atomic E-state index is 0.0449. The summed E-state index contributed by atoms with van der Waals surface area (Å²) in [4.78, 5) is 60.0. The highest BCUT2D eigenvalue weighted by molar-refractivity contribution is 7.86. The van der Waals surface area contributed by atoms with E-state index in [2.05, 4.69) is 11.9 Å². The predicted molar refractivity (Wildman–Crippen MR) is 253 cm³/mol. The van der Waals surface area contributed by atoms with Gasteiger partial charge >= 0.3 is 12.1 Å². The van der Waals surface area contributed by atoms with Crippen LogP contribution in [0, 0.1) is 5.92 Å². The maximum Gasteiger partial charge on any atom is 0.410 e. The predicted octanol–water partition coefficient (Wildman–Crippen LogP) is 6.11. The van der Waals surface area contributed by atoms with E-state index in [9.17, 15) is 22.8 Å². The lowest BCUT2D eigenvalue weighted by Gasteiger charge is -2.45. The number of amides is 3. The zero-order valence-electron chi connectivity index (χ0n) is 39.5. The largest absolute Gasteiger partial charge is 0.460 e. The molecule has 14 nitrogen and oxygen atoms in total. The molecule has 0 unspecified atom stereocenters. The van der Waals surface area contributed by atoms with Gasteiger partial charge in [-0.15, -0.1) is 0 Å². The van der Waals surface area contributed by atoms with Crippen molar-refractivity contribution in [3.8, 4) is 0 Å². The van der Waals surface area contributed by atoms with Crippen LogP contribution in [0.15, 0.2) is 115 Å². The molecule has 0 bridgehead atoms. The summed E-state index contributed by atoms with van der Waals surface area (Å²) in [5.41, 5.74) is -0.369. The Morgan fingerprint density at radius 3 is 1.95 bits per heavy atom. The summed E-state index contributed by atoms with van der Waals surface area (Å²) in [6.45, 7) is 17.5. The Morgan fingerprint density at radius 1 is 0.908 bits per heavy atom. The summed E-state index contributed by atoms with van der Waals surface area (Å²) in [6, 6.07) is 26.3. The van der Waals surface area contributed by atoms with Crippen LogP contribution in [0.4, 0.5) is 4.79 Å². The lowest BCUT2D eigenvalue weighted by atomic mass is 10.0. The standard InChI is InChI=1S/C49H67N3O11SSi/c1-12-31-60-46(55)40-29-22-30-52(40)45(54)42(50-44(53)43(35(2)3)51(10)47(56)62-48(4,5)6)39(33-59-32-36-23-16-13-17-24-36)41(34-61-64(11,57)58)63-65(49(7,8)9,37-25-18-14-19-26-37)38-27-20-15-21-28-38/h12-21,23-28,35,40-41,43H,1,22,29-34H2,2-11H3,(H,50,53)/b42-39+/t40-,41+,43+/m1/s1. The summed E-state index contributed by atoms with van der Waals surface area (Å²) < 4.78 is 56.7. The summed E-state index contributed by atoms with van der Waals surface area (Å²) >= 11 is 0. The summed E-state index contributed by atoms with van der Waals surface area (Å²) in [5, 5.41) is 3.91. The van der Waals surface area contributed by atoms with Gasteiger partial charge in [0, 0.05) is 19.2 Å². The van der Waals surface area contributed by atoms with Crippen LogP contribution in [0.2, 0.25) is 5.04 Å². The van der Waals surface area contributed by atoms with Crippen LogP contribution in [0.5, 0.6) is 0 Å². The topological polar surface area (TPSA) is 167 Å². The highest BCUT2D eigenvalue weighted by atomic mass is 32.2. The number of ether oxygens (including phenoxy) is 3. The molecular weight excluding hydrogens is 867 g/mol. The molecule has 3 aromatic rings. The van der Waals surface area contributed by atoms with Crippen LogP contribution in [0.3, 0.4) is 0 Å². The molecule has 0 aliphatic carbocycles. The van der Waals surface area contributed by atoms with E-state index in [0.717, 1.165) is 22.2 Å². The molecule has 1 N–H and O–H groups in total. The number of hydrogen-bond donors (Lipinski definition) is 1. The van der Waals surface area contributed by atoms with Gasteiger partial charge in [-0.05, 0) is 60.5 Å². The van der Waals surface area contributed by atoms with Gasteiger partial charge in [0.1, 0.15) is 30.0 Å². The molecule has 3 atom stereocenters. The van der Waals surface area contributed by atoms with Gasteiger partial charge in [-0.2, -0.15) is 8.42 Å². The third kappa shape index (κ3) is 14.2. The number of carbonyl (C=O) groups is 4. The number of nitrogens with zero attached hydrogens (tertiary/aromatic N) is 2. The Labute approximate surface area is 386 Å². The summed E-state index contributed by atoms with van der Waals surface area (Å²) in [5.74, 6) is -2.69. The lowest BCUT2D eigenvalue weighted by molar-refractivity contribution is -0.151. The third-order valence-corrected chi connectivity index (χ3v) is 16.4. The first-order valence-electron chi connectivity index (χ1n) is 21.8. The van der Waals surface area contributed by atoms with E-state index in [1.54, 1.807) is 34.6 Å². The third-order valence-electron chi connectivity index (χ3n) is 10.8. The van der Waals surface area contributed by atoms with E-state index in [0.29, 0.717) is 6.42 Å². The quantitative estimate of drug-likeness (QED) is 0.0457. The Bertz CT molecular complexity index is 2190. The fraction of sp³-hybridized carbons (Fsp3) is 0.469. The Hall–Kier alpha value is -5.13. The molecule has 65 heavy (non-hydrogen) atoms. The van der Waals surface area contributed by atoms with Crippen LogP contribution in [-0.4, -0.2) is 114 Å². The molecule has 3 aromatic carbocycles. The molecule has 1 saturated heterocycles. The van der Waals surface area contributed by atoms with Crippen molar-refractivity contribution in [2.24, 2.45) is 5.92 Å². The first-order chi connectivity index (χ1) is 30.5. The second-order valence-corrected chi connectivity index (χ2v) is 24.4. The van der Waals surface area contributed by atoms with E-state index >= 15 is 4.79 Å². The molecule has 16 heteroatoms. The number of rotatable bonds is 20. The summed E-state index contributed by atoms with van der Waals surface area (Å²) in [6.07, 6.45) is 0.899. The molecule has 0 saturated carbocycles. The molecule has 1 heterocycles. The number of hydrogen-bond acceptors (Lipinski definition) is 11. The molecule has 0 spiro atoms. The molecule has 1 fully saturated rings. The minimum atomic E-state index is -4.15. The normalized spacial score (nSPS) is 16.0. The van der Waals surface area contributed by atoms with Gasteiger partial charge in [0.15, 0.2) is 0 Å². The van der Waals surface area contributed by atoms with Gasteiger partial charge in [-0.1, -0.05) is 138 Å². The average molecular weight is 934 g/mol. The molecule has 354 valence electrons. The molecule has 4 rings (SSSR count). The van der Waals surface area contributed by atoms with Gasteiger partial charge in [0.05, 0.1) is 32.2 Å². The number of carbonyl (C=O) groups excluding carboxylic acids is 4. The molecule has 0 radical (unpaired) electrons. The zero-order valence-corrected chi connectivity index (χ0v) is 41.3. The maximum absolute atomic E-state index is 15.5. The highest BCUT2D eigenvalue weighted by Gasteiger charge is 2.53.